The van der Waals surface area contributed by atoms with Crippen molar-refractivity contribution in [3.8, 4) is 0 Å². The molecule has 2 atom stereocenters. The van der Waals surface area contributed by atoms with Gasteiger partial charge in [-0.25, -0.2) is 18.1 Å². The van der Waals surface area contributed by atoms with Crippen molar-refractivity contribution >= 4 is 8.78 Å². The third kappa shape index (κ3) is 7.37. The summed E-state index contributed by atoms with van der Waals surface area (Å²) in [5.74, 6) is 2.24. The van der Waals surface area contributed by atoms with Crippen LogP contribution in [0.4, 0.5) is 0 Å². The molecular formula is C51H60Cl2Zr-2. The molecule has 0 radical (unpaired) electrons. The quantitative estimate of drug-likeness (QED) is 0.185. The van der Waals surface area contributed by atoms with E-state index in [0.29, 0.717) is 5.92 Å². The molecule has 0 heterocycles. The molecule has 4 aliphatic rings. The SMILES string of the molecule is C[C-]1C2=C3Cc4ccccc4C3=C3C=CCCC3C2(C)C(C)(C)C(C)(C)C1(C)C.Cc1cc(C)cc([C](=[Zr+2])c2cc(C)cc(C)c2)c1.[Cl-].[Cl-].c1cc[cH-]c1. The van der Waals surface area contributed by atoms with Crippen LogP contribution >= 0.6 is 0 Å². The van der Waals surface area contributed by atoms with Crippen molar-refractivity contribution in [3.05, 3.63) is 170 Å². The number of fused-ring (bicyclic) bond motifs is 6. The topological polar surface area (TPSA) is 0 Å². The van der Waals surface area contributed by atoms with Crippen molar-refractivity contribution in [1.29, 1.82) is 0 Å². The minimum absolute atomic E-state index is 0. The van der Waals surface area contributed by atoms with E-state index in [0.717, 1.165) is 6.42 Å². The Kier molecular flexibility index (Phi) is 13.5. The van der Waals surface area contributed by atoms with Crippen molar-refractivity contribution < 1.29 is 49.0 Å². The van der Waals surface area contributed by atoms with Gasteiger partial charge in [0, 0.05) is 0 Å². The van der Waals surface area contributed by atoms with E-state index < -0.39 is 0 Å². The summed E-state index contributed by atoms with van der Waals surface area (Å²) >= 11 is 1.47. The molecule has 8 rings (SSSR count). The summed E-state index contributed by atoms with van der Waals surface area (Å²) in [5.41, 5.74) is 18.4. The van der Waals surface area contributed by atoms with Gasteiger partial charge in [0.05, 0.1) is 0 Å². The molecule has 0 N–H and O–H groups in total. The van der Waals surface area contributed by atoms with Crippen LogP contribution in [0.25, 0.3) is 5.57 Å². The summed E-state index contributed by atoms with van der Waals surface area (Å²) < 4.78 is 1.45. The number of rotatable bonds is 2. The summed E-state index contributed by atoms with van der Waals surface area (Å²) in [5, 5.41) is 0. The van der Waals surface area contributed by atoms with Crippen LogP contribution in [0, 0.1) is 61.2 Å². The van der Waals surface area contributed by atoms with E-state index in [1.54, 1.807) is 28.2 Å². The van der Waals surface area contributed by atoms with Crippen LogP contribution in [0.1, 0.15) is 113 Å². The summed E-state index contributed by atoms with van der Waals surface area (Å²) in [6, 6.07) is 32.8. The normalized spacial score (nSPS) is 22.1. The van der Waals surface area contributed by atoms with Gasteiger partial charge < -0.3 is 24.8 Å². The van der Waals surface area contributed by atoms with Gasteiger partial charge in [0.1, 0.15) is 0 Å². The smallest absolute Gasteiger partial charge is 0.172 e. The van der Waals surface area contributed by atoms with Crippen molar-refractivity contribution in [2.45, 2.75) is 102 Å². The standard InChI is InChI=1S/C29H37.C17H18.C5H5.2ClH.Zr/c1-18-25-22-17-19-13-9-10-14-20(19)24(22)21-15-11-12-16-23(21)29(25,8)28(6,7)27(4,5)26(18,2)3;1-12-5-13(2)8-16(7-12)11-17-9-14(3)6-15(4)10-17;1-2-4-5-3-1;;;/h9-11,13-15,23H,12,16-17H2,1-8H3;5-10H,1-4H3;1-5H;2*1H;/q-1;;-1;;;+2/p-2. The second-order valence-electron chi connectivity index (χ2n) is 17.8. The molecule has 0 aliphatic heterocycles. The fourth-order valence-electron chi connectivity index (χ4n) is 10.3. The van der Waals surface area contributed by atoms with Crippen LogP contribution in [0.2, 0.25) is 0 Å². The number of halogens is 2. The first kappa shape index (κ1) is 44.2. The molecule has 0 saturated heterocycles. The maximum absolute atomic E-state index is 2.62. The van der Waals surface area contributed by atoms with Gasteiger partial charge in [0.25, 0.3) is 0 Å². The van der Waals surface area contributed by atoms with Gasteiger partial charge in [-0.3, -0.25) is 0 Å². The van der Waals surface area contributed by atoms with Crippen LogP contribution in [0.15, 0.2) is 120 Å². The third-order valence-corrected chi connectivity index (χ3v) is 15.8. The average molecular weight is 835 g/mol. The van der Waals surface area contributed by atoms with E-state index in [-0.39, 0.29) is 46.5 Å². The monoisotopic (exact) mass is 832 g/mol. The van der Waals surface area contributed by atoms with Crippen LogP contribution in [0.3, 0.4) is 0 Å². The minimum Gasteiger partial charge on any atom is -1.00 e. The van der Waals surface area contributed by atoms with Gasteiger partial charge in [-0.05, 0) is 40.6 Å². The molecule has 284 valence electrons. The van der Waals surface area contributed by atoms with Gasteiger partial charge in [-0.2, -0.15) is 29.3 Å². The van der Waals surface area contributed by atoms with Gasteiger partial charge in [-0.1, -0.05) is 113 Å². The average Bonchev–Trinajstić information content (AvgIpc) is 3.79. The Morgan fingerprint density at radius 2 is 1.24 bits per heavy atom. The first-order valence-electron chi connectivity index (χ1n) is 19.4. The maximum Gasteiger partial charge on any atom is -0.172 e. The molecular weight excluding hydrogens is 775 g/mol. The fraction of sp³-hybridized carbons (Fsp3) is 0.392. The minimum atomic E-state index is 0. The molecule has 1 fully saturated rings. The second-order valence-corrected chi connectivity index (χ2v) is 19.1. The molecule has 0 aromatic heterocycles. The zero-order chi connectivity index (χ0) is 37.8. The molecule has 0 amide bonds. The maximum atomic E-state index is 2.62. The summed E-state index contributed by atoms with van der Waals surface area (Å²) in [4.78, 5) is 0. The van der Waals surface area contributed by atoms with Crippen molar-refractivity contribution in [2.24, 2.45) is 27.6 Å². The van der Waals surface area contributed by atoms with Crippen molar-refractivity contribution in [3.63, 3.8) is 0 Å². The predicted molar refractivity (Wildman–Crippen MR) is 221 cm³/mol. The Morgan fingerprint density at radius 3 is 1.74 bits per heavy atom. The Bertz CT molecular complexity index is 1970. The van der Waals surface area contributed by atoms with E-state index >= 15 is 0 Å². The molecule has 1 saturated carbocycles. The number of benzene rings is 3. The number of hydrogen-bond donors (Lipinski definition) is 0. The van der Waals surface area contributed by atoms with Gasteiger partial charge in [0.2, 0.25) is 0 Å². The Labute approximate surface area is 355 Å². The Balaban J connectivity index is 0.000000222. The van der Waals surface area contributed by atoms with E-state index in [1.807, 2.05) is 30.3 Å². The summed E-state index contributed by atoms with van der Waals surface area (Å²) in [7, 11) is 0. The molecule has 3 heteroatoms. The molecule has 4 aliphatic carbocycles. The molecule has 54 heavy (non-hydrogen) atoms. The Morgan fingerprint density at radius 1 is 0.722 bits per heavy atom. The van der Waals surface area contributed by atoms with Crippen molar-refractivity contribution in [2.75, 3.05) is 0 Å². The van der Waals surface area contributed by atoms with Gasteiger partial charge in [-0.15, -0.1) is 6.92 Å². The van der Waals surface area contributed by atoms with E-state index in [4.69, 9.17) is 0 Å². The molecule has 2 unspecified atom stereocenters. The molecule has 4 aromatic carbocycles. The number of allylic oxidation sites excluding steroid dienone is 6. The zero-order valence-electron chi connectivity index (χ0n) is 34.8. The largest absolute Gasteiger partial charge is 1.00 e. The third-order valence-electron chi connectivity index (χ3n) is 14.4. The number of hydrogen-bond acceptors (Lipinski definition) is 0. The van der Waals surface area contributed by atoms with Gasteiger partial charge >= 0.3 is 125 Å². The summed E-state index contributed by atoms with van der Waals surface area (Å²) in [6.45, 7) is 29.0. The number of aryl methyl sites for hydroxylation is 4. The molecule has 0 nitrogen and oxygen atoms in total. The van der Waals surface area contributed by atoms with E-state index in [2.05, 4.69) is 156 Å². The molecule has 0 spiro atoms. The first-order chi connectivity index (χ1) is 24.4. The first-order valence-corrected chi connectivity index (χ1v) is 20.7. The Hall–Kier alpha value is -2.57. The van der Waals surface area contributed by atoms with E-state index in [9.17, 15) is 0 Å². The van der Waals surface area contributed by atoms with Crippen LogP contribution in [0.5, 0.6) is 0 Å². The predicted octanol–water partition coefficient (Wildman–Crippen LogP) is 7.41. The van der Waals surface area contributed by atoms with Crippen LogP contribution in [-0.2, 0) is 30.7 Å². The van der Waals surface area contributed by atoms with Crippen LogP contribution in [-0.4, -0.2) is 3.21 Å². The van der Waals surface area contributed by atoms with Gasteiger partial charge in [0.15, 0.2) is 0 Å². The van der Waals surface area contributed by atoms with E-state index in [1.165, 1.54) is 84.8 Å². The second kappa shape index (κ2) is 16.5. The zero-order valence-corrected chi connectivity index (χ0v) is 38.7. The van der Waals surface area contributed by atoms with Crippen molar-refractivity contribution in [1.82, 2.24) is 0 Å². The fourth-order valence-corrected chi connectivity index (χ4v) is 11.0. The molecule has 0 bridgehead atoms. The molecule has 4 aromatic rings. The van der Waals surface area contributed by atoms with Crippen LogP contribution < -0.4 is 24.8 Å². The summed E-state index contributed by atoms with van der Waals surface area (Å²) in [6.07, 6.45) is 8.50.